The van der Waals surface area contributed by atoms with E-state index in [4.69, 9.17) is 13.9 Å². The topological polar surface area (TPSA) is 73.6 Å². The van der Waals surface area contributed by atoms with E-state index < -0.39 is 0 Å². The standard InChI is InChI=1S/C18H16N2O4S/c21-17(8-12-11-25-18(20-12)16-6-3-7-22-16)19-9-13-10-23-14-4-1-2-5-15(14)24-13/h1-7,11,13H,8-10H2,(H,19,21). The molecular formula is C18H16N2O4S. The third-order valence-corrected chi connectivity index (χ3v) is 4.63. The second-order valence-corrected chi connectivity index (χ2v) is 6.46. The number of hydrogen-bond acceptors (Lipinski definition) is 6. The number of ether oxygens (including phenoxy) is 2. The Morgan fingerprint density at radius 3 is 2.96 bits per heavy atom. The van der Waals surface area contributed by atoms with Crippen molar-refractivity contribution in [2.45, 2.75) is 12.5 Å². The summed E-state index contributed by atoms with van der Waals surface area (Å²) in [6, 6.07) is 11.2. The first-order valence-electron chi connectivity index (χ1n) is 7.91. The zero-order valence-electron chi connectivity index (χ0n) is 13.3. The van der Waals surface area contributed by atoms with Crippen LogP contribution in [0.1, 0.15) is 5.69 Å². The van der Waals surface area contributed by atoms with Crippen molar-refractivity contribution >= 4 is 17.2 Å². The highest BCUT2D eigenvalue weighted by Gasteiger charge is 2.21. The molecule has 25 heavy (non-hydrogen) atoms. The number of carbonyl (C=O) groups excluding carboxylic acids is 1. The van der Waals surface area contributed by atoms with Crippen LogP contribution in [0, 0.1) is 0 Å². The summed E-state index contributed by atoms with van der Waals surface area (Å²) in [5.74, 6) is 2.05. The van der Waals surface area contributed by atoms with E-state index in [2.05, 4.69) is 10.3 Å². The molecule has 1 N–H and O–H groups in total. The minimum absolute atomic E-state index is 0.0984. The Balaban J connectivity index is 1.29. The molecule has 1 aliphatic heterocycles. The number of para-hydroxylation sites is 2. The number of fused-ring (bicyclic) bond motifs is 1. The lowest BCUT2D eigenvalue weighted by Gasteiger charge is -2.26. The van der Waals surface area contributed by atoms with Crippen LogP contribution in [0.4, 0.5) is 0 Å². The summed E-state index contributed by atoms with van der Waals surface area (Å²) in [7, 11) is 0. The summed E-state index contributed by atoms with van der Waals surface area (Å²) in [5, 5.41) is 5.51. The second kappa shape index (κ2) is 6.98. The van der Waals surface area contributed by atoms with Gasteiger partial charge in [0, 0.05) is 5.38 Å². The highest BCUT2D eigenvalue weighted by Crippen LogP contribution is 2.30. The molecule has 128 valence electrons. The SMILES string of the molecule is O=C(Cc1csc(-c2ccco2)n1)NCC1COc2ccccc2O1. The average Bonchev–Trinajstić information content (AvgIpc) is 3.31. The molecule has 6 nitrogen and oxygen atoms in total. The highest BCUT2D eigenvalue weighted by molar-refractivity contribution is 7.13. The quantitative estimate of drug-likeness (QED) is 0.761. The Hall–Kier alpha value is -2.80. The van der Waals surface area contributed by atoms with Crippen molar-refractivity contribution in [2.24, 2.45) is 0 Å². The molecule has 1 amide bonds. The number of rotatable bonds is 5. The summed E-state index contributed by atoms with van der Waals surface area (Å²) in [4.78, 5) is 16.6. The molecule has 0 fully saturated rings. The van der Waals surface area contributed by atoms with E-state index in [1.54, 1.807) is 6.26 Å². The van der Waals surface area contributed by atoms with Crippen LogP contribution in [0.15, 0.2) is 52.5 Å². The van der Waals surface area contributed by atoms with Crippen LogP contribution in [-0.2, 0) is 11.2 Å². The minimum Gasteiger partial charge on any atom is -0.486 e. The van der Waals surface area contributed by atoms with E-state index in [9.17, 15) is 4.79 Å². The number of carbonyl (C=O) groups is 1. The van der Waals surface area contributed by atoms with E-state index in [1.165, 1.54) is 11.3 Å². The van der Waals surface area contributed by atoms with Gasteiger partial charge < -0.3 is 19.2 Å². The van der Waals surface area contributed by atoms with Gasteiger partial charge in [0.2, 0.25) is 5.91 Å². The van der Waals surface area contributed by atoms with Gasteiger partial charge in [0.15, 0.2) is 22.3 Å². The van der Waals surface area contributed by atoms with E-state index in [-0.39, 0.29) is 18.4 Å². The van der Waals surface area contributed by atoms with Crippen molar-refractivity contribution in [1.82, 2.24) is 10.3 Å². The van der Waals surface area contributed by atoms with Crippen molar-refractivity contribution < 1.29 is 18.7 Å². The number of thiazole rings is 1. The van der Waals surface area contributed by atoms with Gasteiger partial charge in [-0.1, -0.05) is 12.1 Å². The van der Waals surface area contributed by atoms with E-state index in [1.807, 2.05) is 41.8 Å². The minimum atomic E-state index is -0.201. The smallest absolute Gasteiger partial charge is 0.226 e. The lowest BCUT2D eigenvalue weighted by atomic mass is 10.2. The van der Waals surface area contributed by atoms with Gasteiger partial charge >= 0.3 is 0 Å². The van der Waals surface area contributed by atoms with Gasteiger partial charge in [0.25, 0.3) is 0 Å². The molecule has 3 heterocycles. The lowest BCUT2D eigenvalue weighted by molar-refractivity contribution is -0.121. The molecule has 0 bridgehead atoms. The Labute approximate surface area is 148 Å². The van der Waals surface area contributed by atoms with Crippen molar-refractivity contribution in [2.75, 3.05) is 13.2 Å². The molecule has 1 atom stereocenters. The summed E-state index contributed by atoms with van der Waals surface area (Å²) < 4.78 is 16.8. The van der Waals surface area contributed by atoms with E-state index >= 15 is 0 Å². The molecule has 0 saturated heterocycles. The number of nitrogens with zero attached hydrogens (tertiary/aromatic N) is 1. The third-order valence-electron chi connectivity index (χ3n) is 3.72. The van der Waals surface area contributed by atoms with Crippen LogP contribution in [0.5, 0.6) is 11.5 Å². The number of nitrogens with one attached hydrogen (secondary N) is 1. The molecule has 1 unspecified atom stereocenters. The van der Waals surface area contributed by atoms with Gasteiger partial charge in [-0.15, -0.1) is 11.3 Å². The average molecular weight is 356 g/mol. The molecular weight excluding hydrogens is 340 g/mol. The largest absolute Gasteiger partial charge is 0.486 e. The van der Waals surface area contributed by atoms with Crippen LogP contribution in [0.3, 0.4) is 0 Å². The van der Waals surface area contributed by atoms with E-state index in [0.717, 1.165) is 16.5 Å². The van der Waals surface area contributed by atoms with Gasteiger partial charge in [-0.3, -0.25) is 4.79 Å². The van der Waals surface area contributed by atoms with Gasteiger partial charge in [0.05, 0.1) is 24.9 Å². The predicted octanol–water partition coefficient (Wildman–Crippen LogP) is 2.90. The van der Waals surface area contributed by atoms with Crippen LogP contribution in [0.25, 0.3) is 10.8 Å². The van der Waals surface area contributed by atoms with Crippen LogP contribution in [0.2, 0.25) is 0 Å². The monoisotopic (exact) mass is 356 g/mol. The zero-order chi connectivity index (χ0) is 17.1. The lowest BCUT2D eigenvalue weighted by Crippen LogP contribution is -2.41. The molecule has 0 spiro atoms. The molecule has 0 radical (unpaired) electrons. The van der Waals surface area contributed by atoms with Crippen LogP contribution < -0.4 is 14.8 Å². The number of amides is 1. The Bertz CT molecular complexity index is 860. The first kappa shape index (κ1) is 15.7. The first-order valence-corrected chi connectivity index (χ1v) is 8.79. The first-order chi connectivity index (χ1) is 12.3. The maximum Gasteiger partial charge on any atom is 0.226 e. The molecule has 4 rings (SSSR count). The number of aromatic nitrogens is 1. The van der Waals surface area contributed by atoms with Crippen molar-refractivity contribution in [3.05, 3.63) is 53.7 Å². The molecule has 1 aliphatic rings. The van der Waals surface area contributed by atoms with Crippen molar-refractivity contribution in [3.8, 4) is 22.3 Å². The highest BCUT2D eigenvalue weighted by atomic mass is 32.1. The molecule has 3 aromatic rings. The van der Waals surface area contributed by atoms with Crippen LogP contribution in [-0.4, -0.2) is 30.1 Å². The van der Waals surface area contributed by atoms with Gasteiger partial charge in [-0.25, -0.2) is 4.98 Å². The molecule has 7 heteroatoms. The fraction of sp³-hybridized carbons (Fsp3) is 0.222. The second-order valence-electron chi connectivity index (χ2n) is 5.60. The normalized spacial score (nSPS) is 15.8. The molecule has 2 aromatic heterocycles. The van der Waals surface area contributed by atoms with Gasteiger partial charge in [-0.2, -0.15) is 0 Å². The van der Waals surface area contributed by atoms with Crippen LogP contribution >= 0.6 is 11.3 Å². The number of benzene rings is 1. The van der Waals surface area contributed by atoms with Crippen molar-refractivity contribution in [1.29, 1.82) is 0 Å². The molecule has 0 saturated carbocycles. The van der Waals surface area contributed by atoms with Gasteiger partial charge in [-0.05, 0) is 24.3 Å². The summed E-state index contributed by atoms with van der Waals surface area (Å²) in [5.41, 5.74) is 0.722. The molecule has 0 aliphatic carbocycles. The molecule has 1 aromatic carbocycles. The summed E-state index contributed by atoms with van der Waals surface area (Å²) in [6.07, 6.45) is 1.63. The maximum atomic E-state index is 12.1. The number of hydrogen-bond donors (Lipinski definition) is 1. The number of furan rings is 1. The predicted molar refractivity (Wildman–Crippen MR) is 92.9 cm³/mol. The fourth-order valence-corrected chi connectivity index (χ4v) is 3.31. The van der Waals surface area contributed by atoms with Gasteiger partial charge in [0.1, 0.15) is 12.7 Å². The zero-order valence-corrected chi connectivity index (χ0v) is 14.1. The summed E-state index contributed by atoms with van der Waals surface area (Å²) >= 11 is 1.46. The Morgan fingerprint density at radius 1 is 1.24 bits per heavy atom. The van der Waals surface area contributed by atoms with Crippen molar-refractivity contribution in [3.63, 3.8) is 0 Å². The Morgan fingerprint density at radius 2 is 2.12 bits per heavy atom. The maximum absolute atomic E-state index is 12.1. The fourth-order valence-electron chi connectivity index (χ4n) is 2.52. The van der Waals surface area contributed by atoms with E-state index in [0.29, 0.717) is 24.7 Å². The third kappa shape index (κ3) is 3.66. The summed E-state index contributed by atoms with van der Waals surface area (Å²) in [6.45, 7) is 0.805. The Kier molecular flexibility index (Phi) is 4.39.